The predicted octanol–water partition coefficient (Wildman–Crippen LogP) is 1.29. The second-order valence-corrected chi connectivity index (χ2v) is 4.27. The van der Waals surface area contributed by atoms with Crippen molar-refractivity contribution >= 4 is 17.6 Å². The number of nitrogens with one attached hydrogen (secondary N) is 1. The van der Waals surface area contributed by atoms with Crippen LogP contribution in [-0.4, -0.2) is 23.0 Å². The number of nitrogens with two attached hydrogens (primary N) is 1. The van der Waals surface area contributed by atoms with E-state index in [1.54, 1.807) is 19.9 Å². The van der Waals surface area contributed by atoms with Crippen LogP contribution in [0.3, 0.4) is 0 Å². The van der Waals surface area contributed by atoms with Crippen molar-refractivity contribution in [3.05, 3.63) is 28.8 Å². The monoisotopic (exact) mass is 260 g/mol. The number of hydrogen-bond acceptors (Lipinski definition) is 3. The molecule has 1 atom stereocenters. The lowest BCUT2D eigenvalue weighted by Crippen LogP contribution is -2.35. The fourth-order valence-electron chi connectivity index (χ4n) is 1.61. The molecule has 0 aromatic heterocycles. The van der Waals surface area contributed by atoms with Gasteiger partial charge in [0.05, 0.1) is 11.6 Å². The van der Waals surface area contributed by atoms with Crippen LogP contribution in [0.15, 0.2) is 12.1 Å². The molecule has 0 aliphatic carbocycles. The Hall–Kier alpha value is -2.32. The van der Waals surface area contributed by atoms with E-state index in [2.05, 4.69) is 11.2 Å². The van der Waals surface area contributed by atoms with Crippen molar-refractivity contribution in [2.75, 3.05) is 5.32 Å². The minimum atomic E-state index is -1.04. The Morgan fingerprint density at radius 3 is 2.63 bits per heavy atom. The third-order valence-corrected chi connectivity index (χ3v) is 2.84. The molecule has 0 aliphatic heterocycles. The van der Waals surface area contributed by atoms with Gasteiger partial charge in [0, 0.05) is 12.1 Å². The molecule has 1 amide bonds. The standard InChI is InChI=1S/C14H16N2O3/c1-4-5-12(15)13(17)16-10-6-8(2)9(3)11(7-10)14(18)19/h1,6-7,12H,5,15H2,2-3H3,(H,16,17)(H,18,19). The van der Waals surface area contributed by atoms with E-state index in [0.717, 1.165) is 5.56 Å². The topological polar surface area (TPSA) is 92.4 Å². The Kier molecular flexibility index (Phi) is 4.67. The molecule has 1 aromatic carbocycles. The molecule has 1 unspecified atom stereocenters. The van der Waals surface area contributed by atoms with Gasteiger partial charge < -0.3 is 16.2 Å². The summed E-state index contributed by atoms with van der Waals surface area (Å²) in [7, 11) is 0. The summed E-state index contributed by atoms with van der Waals surface area (Å²) in [6.07, 6.45) is 5.21. The summed E-state index contributed by atoms with van der Waals surface area (Å²) in [5.41, 5.74) is 7.57. The van der Waals surface area contributed by atoms with Crippen LogP contribution in [0.25, 0.3) is 0 Å². The van der Waals surface area contributed by atoms with E-state index < -0.39 is 17.9 Å². The molecule has 4 N–H and O–H groups in total. The fourth-order valence-corrected chi connectivity index (χ4v) is 1.61. The minimum absolute atomic E-state index is 0.127. The molecule has 0 heterocycles. The highest BCUT2D eigenvalue weighted by Crippen LogP contribution is 2.20. The van der Waals surface area contributed by atoms with E-state index >= 15 is 0 Å². The smallest absolute Gasteiger partial charge is 0.336 e. The summed E-state index contributed by atoms with van der Waals surface area (Å²) in [4.78, 5) is 22.8. The summed E-state index contributed by atoms with van der Waals surface area (Å²) >= 11 is 0. The molecular formula is C14H16N2O3. The van der Waals surface area contributed by atoms with Gasteiger partial charge in [0.25, 0.3) is 0 Å². The number of aryl methyl sites for hydroxylation is 1. The van der Waals surface area contributed by atoms with Gasteiger partial charge in [-0.05, 0) is 37.1 Å². The van der Waals surface area contributed by atoms with Crippen LogP contribution in [0.4, 0.5) is 5.69 Å². The second-order valence-electron chi connectivity index (χ2n) is 4.27. The number of aromatic carboxylic acids is 1. The molecule has 0 aliphatic rings. The van der Waals surface area contributed by atoms with Gasteiger partial charge in [0.1, 0.15) is 0 Å². The number of hydrogen-bond donors (Lipinski definition) is 3. The van der Waals surface area contributed by atoms with Crippen LogP contribution in [0.5, 0.6) is 0 Å². The van der Waals surface area contributed by atoms with Crippen molar-refractivity contribution in [1.29, 1.82) is 0 Å². The average molecular weight is 260 g/mol. The number of amides is 1. The minimum Gasteiger partial charge on any atom is -0.478 e. The van der Waals surface area contributed by atoms with Crippen LogP contribution in [0.1, 0.15) is 27.9 Å². The van der Waals surface area contributed by atoms with E-state index in [4.69, 9.17) is 17.3 Å². The van der Waals surface area contributed by atoms with Crippen molar-refractivity contribution in [2.24, 2.45) is 5.73 Å². The average Bonchev–Trinajstić information content (AvgIpc) is 2.33. The molecule has 0 bridgehead atoms. The lowest BCUT2D eigenvalue weighted by Gasteiger charge is -2.13. The number of anilines is 1. The number of terminal acetylenes is 1. The van der Waals surface area contributed by atoms with Crippen LogP contribution >= 0.6 is 0 Å². The Morgan fingerprint density at radius 1 is 1.47 bits per heavy atom. The maximum Gasteiger partial charge on any atom is 0.336 e. The van der Waals surface area contributed by atoms with Crippen LogP contribution in [0, 0.1) is 26.2 Å². The Balaban J connectivity index is 3.00. The molecule has 5 nitrogen and oxygen atoms in total. The lowest BCUT2D eigenvalue weighted by atomic mass is 10.0. The molecule has 5 heteroatoms. The van der Waals surface area contributed by atoms with E-state index in [1.807, 2.05) is 0 Å². The van der Waals surface area contributed by atoms with Crippen LogP contribution in [0.2, 0.25) is 0 Å². The zero-order valence-corrected chi connectivity index (χ0v) is 10.9. The van der Waals surface area contributed by atoms with Gasteiger partial charge in [0.15, 0.2) is 0 Å². The molecule has 0 saturated heterocycles. The molecule has 0 saturated carbocycles. The lowest BCUT2D eigenvalue weighted by molar-refractivity contribution is -0.117. The van der Waals surface area contributed by atoms with Gasteiger partial charge in [-0.15, -0.1) is 12.3 Å². The maximum absolute atomic E-state index is 11.7. The number of carboxylic acid groups (broad SMARTS) is 1. The number of carbonyl (C=O) groups is 2. The molecule has 0 spiro atoms. The zero-order chi connectivity index (χ0) is 14.6. The summed E-state index contributed by atoms with van der Waals surface area (Å²) in [6.45, 7) is 3.49. The zero-order valence-electron chi connectivity index (χ0n) is 10.9. The van der Waals surface area contributed by atoms with Crippen molar-refractivity contribution < 1.29 is 14.7 Å². The number of carbonyl (C=O) groups excluding carboxylic acids is 1. The van der Waals surface area contributed by atoms with Crippen molar-refractivity contribution in [2.45, 2.75) is 26.3 Å². The van der Waals surface area contributed by atoms with Gasteiger partial charge in [-0.3, -0.25) is 4.79 Å². The molecule has 1 rings (SSSR count). The van der Waals surface area contributed by atoms with Gasteiger partial charge in [-0.25, -0.2) is 4.79 Å². The third kappa shape index (κ3) is 3.57. The van der Waals surface area contributed by atoms with Crippen LogP contribution in [-0.2, 0) is 4.79 Å². The van der Waals surface area contributed by atoms with Crippen LogP contribution < -0.4 is 11.1 Å². The quantitative estimate of drug-likeness (QED) is 0.711. The van der Waals surface area contributed by atoms with Gasteiger partial charge in [-0.1, -0.05) is 0 Å². The number of rotatable bonds is 4. The highest BCUT2D eigenvalue weighted by Gasteiger charge is 2.15. The molecule has 100 valence electrons. The van der Waals surface area contributed by atoms with E-state index in [-0.39, 0.29) is 12.0 Å². The first-order valence-corrected chi connectivity index (χ1v) is 5.71. The first-order valence-electron chi connectivity index (χ1n) is 5.71. The summed E-state index contributed by atoms with van der Waals surface area (Å²) in [5.74, 6) is 0.834. The van der Waals surface area contributed by atoms with E-state index in [1.165, 1.54) is 6.07 Å². The first-order chi connectivity index (χ1) is 8.86. The van der Waals surface area contributed by atoms with Crippen molar-refractivity contribution in [1.82, 2.24) is 0 Å². The Labute approximate surface area is 111 Å². The predicted molar refractivity (Wildman–Crippen MR) is 72.9 cm³/mol. The summed E-state index contributed by atoms with van der Waals surface area (Å²) in [5, 5.41) is 11.6. The number of carboxylic acids is 1. The SMILES string of the molecule is C#CCC(N)C(=O)Nc1cc(C)c(C)c(C(=O)O)c1. The van der Waals surface area contributed by atoms with Gasteiger partial charge in [-0.2, -0.15) is 0 Å². The Bertz CT molecular complexity index is 559. The largest absolute Gasteiger partial charge is 0.478 e. The van der Waals surface area contributed by atoms with Gasteiger partial charge in [0.2, 0.25) is 5.91 Å². The molecule has 0 fully saturated rings. The fraction of sp³-hybridized carbons (Fsp3) is 0.286. The molecule has 1 aromatic rings. The van der Waals surface area contributed by atoms with E-state index in [9.17, 15) is 9.59 Å². The molecular weight excluding hydrogens is 244 g/mol. The maximum atomic E-state index is 11.7. The molecule has 19 heavy (non-hydrogen) atoms. The number of benzene rings is 1. The van der Waals surface area contributed by atoms with Crippen molar-refractivity contribution in [3.8, 4) is 12.3 Å². The second kappa shape index (κ2) is 6.03. The highest BCUT2D eigenvalue weighted by atomic mass is 16.4. The highest BCUT2D eigenvalue weighted by molar-refractivity contribution is 5.97. The summed E-state index contributed by atoms with van der Waals surface area (Å²) in [6, 6.07) is 2.30. The Morgan fingerprint density at radius 2 is 2.11 bits per heavy atom. The normalized spacial score (nSPS) is 11.5. The summed E-state index contributed by atoms with van der Waals surface area (Å²) < 4.78 is 0. The molecule has 0 radical (unpaired) electrons. The van der Waals surface area contributed by atoms with E-state index in [0.29, 0.717) is 11.3 Å². The van der Waals surface area contributed by atoms with Gasteiger partial charge >= 0.3 is 5.97 Å². The third-order valence-electron chi connectivity index (χ3n) is 2.84. The first kappa shape index (κ1) is 14.7. The van der Waals surface area contributed by atoms with Crippen molar-refractivity contribution in [3.63, 3.8) is 0 Å².